The van der Waals surface area contributed by atoms with Gasteiger partial charge in [0.05, 0.1) is 39.0 Å². The third kappa shape index (κ3) is 5.53. The molecular formula is C23H32N4O7. The predicted molar refractivity (Wildman–Crippen MR) is 123 cm³/mol. The molecule has 2 heterocycles. The normalized spacial score (nSPS) is 18.6. The van der Waals surface area contributed by atoms with Crippen LogP contribution in [0.4, 0.5) is 9.59 Å². The average Bonchev–Trinajstić information content (AvgIpc) is 2.83. The third-order valence-corrected chi connectivity index (χ3v) is 5.67. The predicted octanol–water partition coefficient (Wildman–Crippen LogP) is 1.65. The number of para-hydroxylation sites is 1. The number of benzene rings is 1. The Bertz CT molecular complexity index is 941. The van der Waals surface area contributed by atoms with E-state index in [2.05, 4.69) is 15.5 Å². The standard InChI is InChI=1S/C23H32N4O7/c1-5-33-21(28)18-16(14-26-10-12-27(13-11-26)23(30)34-6-2)24-22(29)25-19(18)15-8-7-9-17(31-3)20(15)32-4/h7-9,19H,5-6,10-14H2,1-4H3,(H2,24,25,29). The fourth-order valence-electron chi connectivity index (χ4n) is 4.09. The van der Waals surface area contributed by atoms with Gasteiger partial charge in [0.15, 0.2) is 11.5 Å². The van der Waals surface area contributed by atoms with Crippen LogP contribution in [0.2, 0.25) is 0 Å². The van der Waals surface area contributed by atoms with Gasteiger partial charge in [0.1, 0.15) is 0 Å². The molecule has 3 amide bonds. The molecule has 1 aromatic rings. The summed E-state index contributed by atoms with van der Waals surface area (Å²) in [6, 6.07) is 4.04. The minimum absolute atomic E-state index is 0.184. The number of piperazine rings is 1. The van der Waals surface area contributed by atoms with Gasteiger partial charge in [0.25, 0.3) is 0 Å². The van der Waals surface area contributed by atoms with E-state index >= 15 is 0 Å². The number of amides is 3. The fourth-order valence-corrected chi connectivity index (χ4v) is 4.09. The maximum atomic E-state index is 13.1. The summed E-state index contributed by atoms with van der Waals surface area (Å²) in [5.74, 6) is 0.360. The van der Waals surface area contributed by atoms with Gasteiger partial charge in [-0.3, -0.25) is 4.90 Å². The lowest BCUT2D eigenvalue weighted by molar-refractivity contribution is -0.139. The Hall–Kier alpha value is -3.47. The summed E-state index contributed by atoms with van der Waals surface area (Å²) < 4.78 is 21.4. The van der Waals surface area contributed by atoms with Gasteiger partial charge < -0.3 is 34.5 Å². The lowest BCUT2D eigenvalue weighted by Gasteiger charge is -2.36. The SMILES string of the molecule is CCOC(=O)C1=C(CN2CCN(C(=O)OCC)CC2)NC(=O)NC1c1cccc(OC)c1OC. The van der Waals surface area contributed by atoms with Gasteiger partial charge in [0, 0.05) is 44.0 Å². The van der Waals surface area contributed by atoms with Crippen molar-refractivity contribution >= 4 is 18.1 Å². The molecule has 1 saturated heterocycles. The minimum Gasteiger partial charge on any atom is -0.493 e. The Kier molecular flexibility index (Phi) is 8.58. The number of methoxy groups -OCH3 is 2. The summed E-state index contributed by atoms with van der Waals surface area (Å²) in [4.78, 5) is 41.4. The molecule has 34 heavy (non-hydrogen) atoms. The summed E-state index contributed by atoms with van der Waals surface area (Å²) in [6.45, 7) is 6.41. The number of hydrogen-bond acceptors (Lipinski definition) is 8. The first-order valence-corrected chi connectivity index (χ1v) is 11.3. The summed E-state index contributed by atoms with van der Waals surface area (Å²) in [5, 5.41) is 5.60. The van der Waals surface area contributed by atoms with Gasteiger partial charge in [-0.15, -0.1) is 0 Å². The second-order valence-electron chi connectivity index (χ2n) is 7.69. The van der Waals surface area contributed by atoms with E-state index in [-0.39, 0.29) is 12.7 Å². The van der Waals surface area contributed by atoms with E-state index in [9.17, 15) is 14.4 Å². The smallest absolute Gasteiger partial charge is 0.409 e. The Balaban J connectivity index is 1.92. The van der Waals surface area contributed by atoms with E-state index in [1.165, 1.54) is 14.2 Å². The highest BCUT2D eigenvalue weighted by Gasteiger charge is 2.37. The molecule has 11 nitrogen and oxygen atoms in total. The first-order valence-electron chi connectivity index (χ1n) is 11.3. The van der Waals surface area contributed by atoms with Gasteiger partial charge in [-0.05, 0) is 19.9 Å². The molecule has 1 fully saturated rings. The molecule has 0 saturated carbocycles. The second-order valence-corrected chi connectivity index (χ2v) is 7.69. The highest BCUT2D eigenvalue weighted by molar-refractivity contribution is 5.95. The van der Waals surface area contributed by atoms with E-state index in [1.54, 1.807) is 36.9 Å². The lowest BCUT2D eigenvalue weighted by atomic mass is 9.93. The molecule has 1 unspecified atom stereocenters. The molecule has 1 atom stereocenters. The van der Waals surface area contributed by atoms with Crippen LogP contribution in [-0.4, -0.2) is 88.1 Å². The number of esters is 1. The van der Waals surface area contributed by atoms with Crippen LogP contribution in [0.1, 0.15) is 25.5 Å². The van der Waals surface area contributed by atoms with Crippen molar-refractivity contribution in [2.45, 2.75) is 19.9 Å². The molecule has 2 aliphatic rings. The maximum absolute atomic E-state index is 13.1. The number of nitrogens with zero attached hydrogens (tertiary/aromatic N) is 2. The van der Waals surface area contributed by atoms with Crippen LogP contribution in [0.5, 0.6) is 11.5 Å². The average molecular weight is 477 g/mol. The van der Waals surface area contributed by atoms with Crippen molar-refractivity contribution in [3.63, 3.8) is 0 Å². The van der Waals surface area contributed by atoms with Gasteiger partial charge in [0.2, 0.25) is 0 Å². The van der Waals surface area contributed by atoms with Crippen molar-refractivity contribution in [1.29, 1.82) is 0 Å². The van der Waals surface area contributed by atoms with Crippen molar-refractivity contribution in [3.05, 3.63) is 35.0 Å². The summed E-state index contributed by atoms with van der Waals surface area (Å²) >= 11 is 0. The van der Waals surface area contributed by atoms with Crippen molar-refractivity contribution in [2.75, 3.05) is 60.2 Å². The van der Waals surface area contributed by atoms with Gasteiger partial charge in [-0.2, -0.15) is 0 Å². The van der Waals surface area contributed by atoms with Crippen molar-refractivity contribution < 1.29 is 33.3 Å². The summed E-state index contributed by atoms with van der Waals surface area (Å²) in [6.07, 6.45) is -0.339. The first kappa shape index (κ1) is 25.2. The second kappa shape index (κ2) is 11.6. The molecule has 0 radical (unpaired) electrons. The molecule has 1 aromatic carbocycles. The minimum atomic E-state index is -0.798. The molecule has 0 spiro atoms. The first-order chi connectivity index (χ1) is 16.4. The Morgan fingerprint density at radius 2 is 1.74 bits per heavy atom. The maximum Gasteiger partial charge on any atom is 0.409 e. The molecule has 11 heteroatoms. The summed E-state index contributed by atoms with van der Waals surface area (Å²) in [5.41, 5.74) is 1.31. The largest absolute Gasteiger partial charge is 0.493 e. The molecule has 2 N–H and O–H groups in total. The van der Waals surface area contributed by atoms with Crippen LogP contribution in [0.15, 0.2) is 29.5 Å². The Morgan fingerprint density at radius 3 is 2.35 bits per heavy atom. The molecule has 3 rings (SSSR count). The number of urea groups is 1. The van der Waals surface area contributed by atoms with Crippen LogP contribution in [-0.2, 0) is 14.3 Å². The van der Waals surface area contributed by atoms with E-state index in [0.29, 0.717) is 67.7 Å². The van der Waals surface area contributed by atoms with Crippen LogP contribution in [0, 0.1) is 0 Å². The van der Waals surface area contributed by atoms with Crippen molar-refractivity contribution in [1.82, 2.24) is 20.4 Å². The van der Waals surface area contributed by atoms with E-state index in [1.807, 2.05) is 0 Å². The monoisotopic (exact) mass is 476 g/mol. The zero-order valence-electron chi connectivity index (χ0n) is 20.0. The number of hydrogen-bond donors (Lipinski definition) is 2. The number of carbonyl (C=O) groups is 3. The Morgan fingerprint density at radius 1 is 1.03 bits per heavy atom. The number of nitrogens with one attached hydrogen (secondary N) is 2. The van der Waals surface area contributed by atoms with Crippen LogP contribution in [0.25, 0.3) is 0 Å². The van der Waals surface area contributed by atoms with E-state index in [4.69, 9.17) is 18.9 Å². The molecule has 0 aromatic heterocycles. The number of rotatable bonds is 8. The molecule has 186 valence electrons. The number of ether oxygens (including phenoxy) is 4. The van der Waals surface area contributed by atoms with E-state index in [0.717, 1.165) is 0 Å². The van der Waals surface area contributed by atoms with Gasteiger partial charge in [-0.1, -0.05) is 12.1 Å². The topological polar surface area (TPSA) is 119 Å². The van der Waals surface area contributed by atoms with Crippen molar-refractivity contribution in [2.24, 2.45) is 0 Å². The fraction of sp³-hybridized carbons (Fsp3) is 0.522. The van der Waals surface area contributed by atoms with Gasteiger partial charge >= 0.3 is 18.1 Å². The van der Waals surface area contributed by atoms with Crippen LogP contribution < -0.4 is 20.1 Å². The molecule has 2 aliphatic heterocycles. The third-order valence-electron chi connectivity index (χ3n) is 5.67. The van der Waals surface area contributed by atoms with Gasteiger partial charge in [-0.25, -0.2) is 14.4 Å². The van der Waals surface area contributed by atoms with Crippen LogP contribution in [0.3, 0.4) is 0 Å². The Labute approximate surface area is 198 Å². The zero-order valence-corrected chi connectivity index (χ0v) is 20.0. The summed E-state index contributed by atoms with van der Waals surface area (Å²) in [7, 11) is 3.02. The highest BCUT2D eigenvalue weighted by Crippen LogP contribution is 2.39. The van der Waals surface area contributed by atoms with Crippen LogP contribution >= 0.6 is 0 Å². The molecular weight excluding hydrogens is 444 g/mol. The lowest BCUT2D eigenvalue weighted by Crippen LogP contribution is -2.52. The molecule has 0 aliphatic carbocycles. The van der Waals surface area contributed by atoms with E-state index < -0.39 is 18.0 Å². The number of carbonyl (C=O) groups excluding carboxylic acids is 3. The highest BCUT2D eigenvalue weighted by atomic mass is 16.6. The molecule has 0 bridgehead atoms. The quantitative estimate of drug-likeness (QED) is 0.544. The zero-order chi connectivity index (χ0) is 24.7. The van der Waals surface area contributed by atoms with Crippen molar-refractivity contribution in [3.8, 4) is 11.5 Å².